The number of rotatable bonds is 5. The molecular weight excluding hydrogens is 537 g/mol. The van der Waals surface area contributed by atoms with Gasteiger partial charge in [0.25, 0.3) is 0 Å². The summed E-state index contributed by atoms with van der Waals surface area (Å²) in [7, 11) is 0. The molecule has 0 radical (unpaired) electrons. The lowest BCUT2D eigenvalue weighted by molar-refractivity contribution is -0.121. The number of hydrogen-bond donors (Lipinski definition) is 2. The van der Waals surface area contributed by atoms with Crippen LogP contribution >= 0.6 is 11.6 Å². The average Bonchev–Trinajstić information content (AvgIpc) is 3.33. The van der Waals surface area contributed by atoms with Crippen LogP contribution in [0.5, 0.6) is 0 Å². The van der Waals surface area contributed by atoms with Crippen LogP contribution in [-0.4, -0.2) is 62.2 Å². The summed E-state index contributed by atoms with van der Waals surface area (Å²) in [6.45, 7) is 0.689. The van der Waals surface area contributed by atoms with Crippen molar-refractivity contribution in [1.29, 1.82) is 0 Å². The van der Waals surface area contributed by atoms with Crippen LogP contribution in [0.15, 0.2) is 72.8 Å². The van der Waals surface area contributed by atoms with E-state index in [1.165, 1.54) is 21.5 Å². The van der Waals surface area contributed by atoms with Crippen molar-refractivity contribution >= 4 is 46.1 Å². The maximum atomic E-state index is 14.0. The number of amides is 2. The van der Waals surface area contributed by atoms with Crippen LogP contribution in [-0.2, 0) is 16.1 Å². The lowest BCUT2D eigenvalue weighted by atomic mass is 10.2. The number of fused-ring (bicyclic) bond motifs is 3. The van der Waals surface area contributed by atoms with E-state index in [2.05, 4.69) is 25.7 Å². The van der Waals surface area contributed by atoms with E-state index >= 15 is 0 Å². The molecule has 1 atom stereocenters. The van der Waals surface area contributed by atoms with E-state index in [0.717, 1.165) is 5.56 Å². The summed E-state index contributed by atoms with van der Waals surface area (Å²) >= 11 is 6.51. The highest BCUT2D eigenvalue weighted by atomic mass is 35.5. The Morgan fingerprint density at radius 1 is 1.10 bits per heavy atom. The number of benzene rings is 3. The minimum absolute atomic E-state index is 0.0294. The zero-order valence-corrected chi connectivity index (χ0v) is 21.8. The number of carbonyl (C=O) groups excluding carboxylic acids is 2. The second-order valence-electron chi connectivity index (χ2n) is 9.22. The zero-order valence-electron chi connectivity index (χ0n) is 21.1. The first-order valence-corrected chi connectivity index (χ1v) is 12.9. The first kappa shape index (κ1) is 25.5. The molecule has 1 aliphatic rings. The lowest BCUT2D eigenvalue weighted by Gasteiger charge is -2.23. The van der Waals surface area contributed by atoms with Gasteiger partial charge < -0.3 is 20.3 Å². The van der Waals surface area contributed by atoms with Gasteiger partial charge in [0.2, 0.25) is 11.9 Å². The highest BCUT2D eigenvalue weighted by Crippen LogP contribution is 2.30. The Labute approximate surface area is 232 Å². The van der Waals surface area contributed by atoms with Crippen LogP contribution in [0.25, 0.3) is 27.9 Å². The topological polar surface area (TPSA) is 114 Å². The molecule has 1 unspecified atom stereocenters. The van der Waals surface area contributed by atoms with E-state index in [-0.39, 0.29) is 43.9 Å². The fourth-order valence-corrected chi connectivity index (χ4v) is 4.78. The predicted molar refractivity (Wildman–Crippen MR) is 147 cm³/mol. The number of anilines is 1. The minimum atomic E-state index is -0.874. The third kappa shape index (κ3) is 5.10. The molecule has 0 bridgehead atoms. The Hall–Kier alpha value is -4.77. The van der Waals surface area contributed by atoms with Gasteiger partial charge in [0, 0.05) is 18.7 Å². The van der Waals surface area contributed by atoms with Crippen molar-refractivity contribution in [3.05, 3.63) is 89.2 Å². The molecule has 0 saturated carbocycles. The van der Waals surface area contributed by atoms with Crippen LogP contribution in [0.2, 0.25) is 5.02 Å². The first-order valence-electron chi connectivity index (χ1n) is 12.6. The van der Waals surface area contributed by atoms with E-state index < -0.39 is 18.0 Å². The third-order valence-corrected chi connectivity index (χ3v) is 6.81. The summed E-state index contributed by atoms with van der Waals surface area (Å²) in [5.41, 5.74) is 2.23. The van der Waals surface area contributed by atoms with Crippen molar-refractivity contribution in [3.63, 3.8) is 0 Å². The normalized spacial score (nSPS) is 15.6. The molecule has 202 valence electrons. The Kier molecular flexibility index (Phi) is 6.87. The summed E-state index contributed by atoms with van der Waals surface area (Å²) in [4.78, 5) is 36.7. The number of halogens is 2. The van der Waals surface area contributed by atoms with Gasteiger partial charge in [0.1, 0.15) is 18.5 Å². The van der Waals surface area contributed by atoms with Crippen molar-refractivity contribution in [2.75, 3.05) is 25.0 Å². The minimum Gasteiger partial charge on any atom is -0.445 e. The molecule has 3 aromatic carbocycles. The van der Waals surface area contributed by atoms with Crippen molar-refractivity contribution in [2.24, 2.45) is 0 Å². The van der Waals surface area contributed by atoms with Gasteiger partial charge in [-0.3, -0.25) is 4.79 Å². The van der Waals surface area contributed by atoms with Crippen LogP contribution in [0.3, 0.4) is 0 Å². The van der Waals surface area contributed by atoms with Gasteiger partial charge in [-0.1, -0.05) is 60.1 Å². The number of aromatic nitrogens is 4. The van der Waals surface area contributed by atoms with Crippen molar-refractivity contribution in [3.8, 4) is 11.4 Å². The van der Waals surface area contributed by atoms with Gasteiger partial charge in [-0.25, -0.2) is 19.2 Å². The quantitative estimate of drug-likeness (QED) is 0.330. The van der Waals surface area contributed by atoms with E-state index in [1.54, 1.807) is 30.3 Å². The van der Waals surface area contributed by atoms with Crippen molar-refractivity contribution in [2.45, 2.75) is 12.6 Å². The number of nitrogens with zero attached hydrogens (tertiary/aromatic N) is 5. The third-order valence-electron chi connectivity index (χ3n) is 6.50. The number of carbonyl (C=O) groups is 2. The van der Waals surface area contributed by atoms with Crippen molar-refractivity contribution < 1.29 is 18.7 Å². The van der Waals surface area contributed by atoms with E-state index in [1.807, 2.05) is 30.3 Å². The Balaban J connectivity index is 1.33. The van der Waals surface area contributed by atoms with Crippen LogP contribution in [0, 0.1) is 5.82 Å². The molecule has 10 nitrogen and oxygen atoms in total. The first-order chi connectivity index (χ1) is 19.5. The second-order valence-corrected chi connectivity index (χ2v) is 9.63. The summed E-state index contributed by atoms with van der Waals surface area (Å²) in [6, 6.07) is 19.6. The number of nitrogens with one attached hydrogen (secondary N) is 2. The van der Waals surface area contributed by atoms with Gasteiger partial charge in [-0.15, -0.1) is 5.10 Å². The van der Waals surface area contributed by atoms with Gasteiger partial charge in [0.05, 0.1) is 22.5 Å². The Morgan fingerprint density at radius 2 is 1.93 bits per heavy atom. The van der Waals surface area contributed by atoms with E-state index in [0.29, 0.717) is 27.1 Å². The number of hydrogen-bond acceptors (Lipinski definition) is 7. The van der Waals surface area contributed by atoms with Crippen LogP contribution in [0.4, 0.5) is 15.1 Å². The molecule has 2 N–H and O–H groups in total. The van der Waals surface area contributed by atoms with E-state index in [9.17, 15) is 14.0 Å². The monoisotopic (exact) mass is 559 g/mol. The highest BCUT2D eigenvalue weighted by molar-refractivity contribution is 6.36. The molecule has 0 spiro atoms. The molecule has 5 aromatic rings. The molecule has 40 heavy (non-hydrogen) atoms. The maximum Gasteiger partial charge on any atom is 0.410 e. The van der Waals surface area contributed by atoms with Crippen LogP contribution < -0.4 is 10.6 Å². The highest BCUT2D eigenvalue weighted by Gasteiger charge is 2.30. The molecule has 6 rings (SSSR count). The Morgan fingerprint density at radius 3 is 2.75 bits per heavy atom. The fourth-order valence-electron chi connectivity index (χ4n) is 4.53. The van der Waals surface area contributed by atoms with Crippen LogP contribution in [0.1, 0.15) is 5.56 Å². The summed E-state index contributed by atoms with van der Waals surface area (Å²) in [5, 5.41) is 11.5. The molecule has 0 aliphatic carbocycles. The molecule has 12 heteroatoms. The summed E-state index contributed by atoms with van der Waals surface area (Å²) in [5.74, 6) is -0.275. The zero-order chi connectivity index (χ0) is 27.6. The summed E-state index contributed by atoms with van der Waals surface area (Å²) < 4.78 is 20.9. The second kappa shape index (κ2) is 10.8. The molecule has 3 heterocycles. The van der Waals surface area contributed by atoms with E-state index in [4.69, 9.17) is 16.3 Å². The molecular formula is C28H23ClFN7O3. The SMILES string of the molecule is O=C1NCCN(C(=O)OCc2ccccc2)CC1Nc1nc2cccc(Cl)c2c2nc(-c3cccc(F)c3)nn12. The predicted octanol–water partition coefficient (Wildman–Crippen LogP) is 4.29. The molecule has 2 aromatic heterocycles. The number of ether oxygens (including phenoxy) is 1. The van der Waals surface area contributed by atoms with Crippen molar-refractivity contribution in [1.82, 2.24) is 29.8 Å². The van der Waals surface area contributed by atoms with Gasteiger partial charge in [0.15, 0.2) is 11.5 Å². The van der Waals surface area contributed by atoms with Gasteiger partial charge >= 0.3 is 6.09 Å². The standard InChI is InChI=1S/C28H23ClFN7O3/c29-20-10-5-11-21-23(20)25-34-24(18-8-4-9-19(30)14-18)35-37(25)27(32-21)33-22-15-36(13-12-31-26(22)38)28(39)40-16-17-6-2-1-3-7-17/h1-11,14,22H,12-13,15-16H2,(H,31,38)(H,32,33). The largest absolute Gasteiger partial charge is 0.445 e. The fraction of sp³-hybridized carbons (Fsp3) is 0.179. The average molecular weight is 560 g/mol. The molecule has 2 amide bonds. The van der Waals surface area contributed by atoms with Gasteiger partial charge in [-0.2, -0.15) is 4.52 Å². The van der Waals surface area contributed by atoms with Gasteiger partial charge in [-0.05, 0) is 29.8 Å². The molecule has 1 fully saturated rings. The smallest absolute Gasteiger partial charge is 0.410 e. The summed E-state index contributed by atoms with van der Waals surface area (Å²) in [6.07, 6.45) is -0.537. The molecule has 1 saturated heterocycles. The lowest BCUT2D eigenvalue weighted by Crippen LogP contribution is -2.44. The Bertz CT molecular complexity index is 1730. The molecule has 1 aliphatic heterocycles. The maximum absolute atomic E-state index is 14.0.